The summed E-state index contributed by atoms with van der Waals surface area (Å²) in [5, 5.41) is 3.16. The van der Waals surface area contributed by atoms with Gasteiger partial charge >= 0.3 is 0 Å². The summed E-state index contributed by atoms with van der Waals surface area (Å²) in [4.78, 5) is 11.9. The van der Waals surface area contributed by atoms with Gasteiger partial charge in [-0.25, -0.2) is 0 Å². The van der Waals surface area contributed by atoms with Crippen molar-refractivity contribution in [3.05, 3.63) is 0 Å². The van der Waals surface area contributed by atoms with Crippen molar-refractivity contribution in [3.8, 4) is 0 Å². The van der Waals surface area contributed by atoms with Gasteiger partial charge in [0.15, 0.2) is 0 Å². The average Bonchev–Trinajstić information content (AvgIpc) is 2.98. The number of hydrogen-bond donors (Lipinski definition) is 2. The molecule has 0 aromatic carbocycles. The molecule has 0 radical (unpaired) electrons. The molecule has 2 aliphatic rings. The number of ether oxygens (including phenoxy) is 1. The van der Waals surface area contributed by atoms with Crippen LogP contribution < -0.4 is 11.1 Å². The number of carbonyl (C=O) groups is 1. The monoisotopic (exact) mass is 240 g/mol. The molecule has 0 aromatic rings. The Balaban J connectivity index is 1.72. The van der Waals surface area contributed by atoms with Gasteiger partial charge in [0.05, 0.1) is 5.54 Å². The van der Waals surface area contributed by atoms with Gasteiger partial charge in [-0.1, -0.05) is 12.8 Å². The lowest BCUT2D eigenvalue weighted by Gasteiger charge is -2.28. The molecular weight excluding hydrogens is 216 g/mol. The van der Waals surface area contributed by atoms with Crippen molar-refractivity contribution in [2.75, 3.05) is 19.8 Å². The molecule has 3 N–H and O–H groups in total. The molecule has 0 spiro atoms. The SMILES string of the molecule is NCC1(NC(=O)CCC2CCOC2)CCCC1. The highest BCUT2D eigenvalue weighted by molar-refractivity contribution is 5.76. The zero-order chi connectivity index (χ0) is 12.1. The molecule has 1 unspecified atom stereocenters. The Morgan fingerprint density at radius 3 is 2.76 bits per heavy atom. The minimum atomic E-state index is -0.0940. The van der Waals surface area contributed by atoms with Crippen LogP contribution in [0.15, 0.2) is 0 Å². The van der Waals surface area contributed by atoms with Gasteiger partial charge in [-0.2, -0.15) is 0 Å². The first kappa shape index (κ1) is 12.8. The quantitative estimate of drug-likeness (QED) is 0.758. The van der Waals surface area contributed by atoms with E-state index in [4.69, 9.17) is 10.5 Å². The fourth-order valence-corrected chi connectivity index (χ4v) is 2.94. The fourth-order valence-electron chi connectivity index (χ4n) is 2.94. The Hall–Kier alpha value is -0.610. The Morgan fingerprint density at radius 2 is 2.18 bits per heavy atom. The van der Waals surface area contributed by atoms with Gasteiger partial charge in [-0.05, 0) is 31.6 Å². The molecule has 1 aliphatic heterocycles. The second-order valence-corrected chi connectivity index (χ2v) is 5.51. The van der Waals surface area contributed by atoms with Gasteiger partial charge in [0.1, 0.15) is 0 Å². The van der Waals surface area contributed by atoms with Crippen LogP contribution in [0.4, 0.5) is 0 Å². The zero-order valence-electron chi connectivity index (χ0n) is 10.5. The highest BCUT2D eigenvalue weighted by Gasteiger charge is 2.33. The van der Waals surface area contributed by atoms with Crippen LogP contribution in [0.25, 0.3) is 0 Å². The molecular formula is C13H24N2O2. The first-order valence-electron chi connectivity index (χ1n) is 6.83. The third kappa shape index (κ3) is 3.42. The number of nitrogens with two attached hydrogens (primary N) is 1. The second kappa shape index (κ2) is 5.83. The number of carbonyl (C=O) groups excluding carboxylic acids is 1. The summed E-state index contributed by atoms with van der Waals surface area (Å²) in [6, 6.07) is 0. The van der Waals surface area contributed by atoms with E-state index >= 15 is 0 Å². The van der Waals surface area contributed by atoms with Crippen LogP contribution in [0.3, 0.4) is 0 Å². The molecule has 17 heavy (non-hydrogen) atoms. The predicted molar refractivity (Wildman–Crippen MR) is 66.6 cm³/mol. The van der Waals surface area contributed by atoms with E-state index < -0.39 is 0 Å². The Kier molecular flexibility index (Phi) is 4.40. The fraction of sp³-hybridized carbons (Fsp3) is 0.923. The van der Waals surface area contributed by atoms with E-state index in [0.717, 1.165) is 38.9 Å². The van der Waals surface area contributed by atoms with Crippen LogP contribution in [0.5, 0.6) is 0 Å². The molecule has 0 aromatic heterocycles. The average molecular weight is 240 g/mol. The molecule has 1 saturated heterocycles. The highest BCUT2D eigenvalue weighted by Crippen LogP contribution is 2.29. The van der Waals surface area contributed by atoms with E-state index in [-0.39, 0.29) is 11.4 Å². The van der Waals surface area contributed by atoms with Gasteiger partial charge in [-0.15, -0.1) is 0 Å². The van der Waals surface area contributed by atoms with Crippen LogP contribution >= 0.6 is 0 Å². The number of amides is 1. The lowest BCUT2D eigenvalue weighted by molar-refractivity contribution is -0.123. The summed E-state index contributed by atoms with van der Waals surface area (Å²) in [6.45, 7) is 2.26. The molecule has 2 fully saturated rings. The van der Waals surface area contributed by atoms with Gasteiger partial charge in [0.2, 0.25) is 5.91 Å². The predicted octanol–water partition coefficient (Wildman–Crippen LogP) is 1.19. The maximum absolute atomic E-state index is 11.9. The largest absolute Gasteiger partial charge is 0.381 e. The summed E-state index contributed by atoms with van der Waals surface area (Å²) in [5.41, 5.74) is 5.71. The molecule has 4 nitrogen and oxygen atoms in total. The summed E-state index contributed by atoms with van der Waals surface area (Å²) >= 11 is 0. The normalized spacial score (nSPS) is 27.2. The van der Waals surface area contributed by atoms with Crippen LogP contribution in [0.2, 0.25) is 0 Å². The van der Waals surface area contributed by atoms with Gasteiger partial charge < -0.3 is 15.8 Å². The first-order chi connectivity index (χ1) is 8.24. The summed E-state index contributed by atoms with van der Waals surface area (Å²) in [5.74, 6) is 0.752. The minimum Gasteiger partial charge on any atom is -0.381 e. The van der Waals surface area contributed by atoms with E-state index in [0.29, 0.717) is 18.9 Å². The molecule has 1 heterocycles. The third-order valence-electron chi connectivity index (χ3n) is 4.16. The van der Waals surface area contributed by atoms with Crippen LogP contribution in [-0.4, -0.2) is 31.2 Å². The molecule has 1 amide bonds. The Morgan fingerprint density at radius 1 is 1.41 bits per heavy atom. The van der Waals surface area contributed by atoms with Crippen molar-refractivity contribution >= 4 is 5.91 Å². The summed E-state index contributed by atoms with van der Waals surface area (Å²) < 4.78 is 5.31. The van der Waals surface area contributed by atoms with Crippen molar-refractivity contribution in [1.29, 1.82) is 0 Å². The number of hydrogen-bond acceptors (Lipinski definition) is 3. The maximum Gasteiger partial charge on any atom is 0.220 e. The zero-order valence-corrected chi connectivity index (χ0v) is 10.5. The van der Waals surface area contributed by atoms with Gasteiger partial charge in [-0.3, -0.25) is 4.79 Å². The maximum atomic E-state index is 11.9. The summed E-state index contributed by atoms with van der Waals surface area (Å²) in [6.07, 6.45) is 7.14. The molecule has 4 heteroatoms. The number of rotatable bonds is 5. The standard InChI is InChI=1S/C13H24N2O2/c14-10-13(6-1-2-7-13)15-12(16)4-3-11-5-8-17-9-11/h11H,1-10,14H2,(H,15,16). The van der Waals surface area contributed by atoms with Crippen molar-refractivity contribution in [2.45, 2.75) is 50.5 Å². The Bertz CT molecular complexity index is 256. The molecule has 0 bridgehead atoms. The van der Waals surface area contributed by atoms with Crippen molar-refractivity contribution in [2.24, 2.45) is 11.7 Å². The van der Waals surface area contributed by atoms with Crippen molar-refractivity contribution in [1.82, 2.24) is 5.32 Å². The molecule has 1 saturated carbocycles. The van der Waals surface area contributed by atoms with Gasteiger partial charge in [0, 0.05) is 26.2 Å². The lowest BCUT2D eigenvalue weighted by Crippen LogP contribution is -2.51. The topological polar surface area (TPSA) is 64.3 Å². The molecule has 1 atom stereocenters. The molecule has 1 aliphatic carbocycles. The smallest absolute Gasteiger partial charge is 0.220 e. The summed E-state index contributed by atoms with van der Waals surface area (Å²) in [7, 11) is 0. The van der Waals surface area contributed by atoms with Crippen molar-refractivity contribution < 1.29 is 9.53 Å². The van der Waals surface area contributed by atoms with Crippen LogP contribution in [0, 0.1) is 5.92 Å². The van der Waals surface area contributed by atoms with E-state index in [1.54, 1.807) is 0 Å². The van der Waals surface area contributed by atoms with E-state index in [1.165, 1.54) is 12.8 Å². The van der Waals surface area contributed by atoms with E-state index in [2.05, 4.69) is 5.32 Å². The van der Waals surface area contributed by atoms with E-state index in [1.807, 2.05) is 0 Å². The highest BCUT2D eigenvalue weighted by atomic mass is 16.5. The lowest BCUT2D eigenvalue weighted by atomic mass is 9.96. The Labute approximate surface area is 103 Å². The first-order valence-corrected chi connectivity index (χ1v) is 6.83. The minimum absolute atomic E-state index is 0.0940. The van der Waals surface area contributed by atoms with Crippen LogP contribution in [0.1, 0.15) is 44.9 Å². The third-order valence-corrected chi connectivity index (χ3v) is 4.16. The molecule has 98 valence electrons. The second-order valence-electron chi connectivity index (χ2n) is 5.51. The molecule has 2 rings (SSSR count). The van der Waals surface area contributed by atoms with Crippen LogP contribution in [-0.2, 0) is 9.53 Å². The van der Waals surface area contributed by atoms with E-state index in [9.17, 15) is 4.79 Å². The number of nitrogens with one attached hydrogen (secondary N) is 1. The van der Waals surface area contributed by atoms with Crippen molar-refractivity contribution in [3.63, 3.8) is 0 Å². The van der Waals surface area contributed by atoms with Gasteiger partial charge in [0.25, 0.3) is 0 Å².